The number of carbonyl (C=O) groups is 2. The molecular weight excluding hydrogens is 292 g/mol. The zero-order valence-corrected chi connectivity index (χ0v) is 13.2. The van der Waals surface area contributed by atoms with Crippen LogP contribution in [0.5, 0.6) is 5.75 Å². The van der Waals surface area contributed by atoms with Crippen molar-refractivity contribution in [3.63, 3.8) is 0 Å². The number of hydrogen-bond donors (Lipinski definition) is 2. The summed E-state index contributed by atoms with van der Waals surface area (Å²) in [4.78, 5) is 23.2. The molecule has 0 aliphatic heterocycles. The van der Waals surface area contributed by atoms with E-state index in [4.69, 9.17) is 10.5 Å². The first kappa shape index (κ1) is 16.5. The van der Waals surface area contributed by atoms with Crippen LogP contribution in [-0.2, 0) is 0 Å². The molecule has 120 valence electrons. The minimum Gasteiger partial charge on any atom is -0.493 e. The van der Waals surface area contributed by atoms with E-state index in [0.717, 1.165) is 5.75 Å². The minimum atomic E-state index is -0.500. The Kier molecular flexibility index (Phi) is 5.36. The average molecular weight is 312 g/mol. The van der Waals surface area contributed by atoms with Crippen LogP contribution in [0.2, 0.25) is 0 Å². The summed E-state index contributed by atoms with van der Waals surface area (Å²) in [6.45, 7) is 4.79. The predicted octanol–water partition coefficient (Wildman–Crippen LogP) is 3.07. The molecule has 2 amide bonds. The standard InChI is InChI=1S/C18H20N2O3/c1-12(2)11-23-16-9-5-14(6-10-16)18(22)20-15-7-3-13(4-8-15)17(19)21/h3-10,12H,11H2,1-2H3,(H2,19,21)(H,20,22). The number of rotatable bonds is 6. The van der Waals surface area contributed by atoms with Crippen LogP contribution in [-0.4, -0.2) is 18.4 Å². The fraction of sp³-hybridized carbons (Fsp3) is 0.222. The molecule has 0 atom stereocenters. The maximum Gasteiger partial charge on any atom is 0.255 e. The zero-order valence-electron chi connectivity index (χ0n) is 13.2. The molecule has 0 heterocycles. The van der Waals surface area contributed by atoms with Crippen LogP contribution in [0.25, 0.3) is 0 Å². The summed E-state index contributed by atoms with van der Waals surface area (Å²) in [5, 5.41) is 2.76. The second kappa shape index (κ2) is 7.45. The highest BCUT2D eigenvalue weighted by atomic mass is 16.5. The molecular formula is C18H20N2O3. The van der Waals surface area contributed by atoms with Gasteiger partial charge in [0.1, 0.15) is 5.75 Å². The second-order valence-corrected chi connectivity index (χ2v) is 5.62. The van der Waals surface area contributed by atoms with Crippen LogP contribution in [0.3, 0.4) is 0 Å². The number of anilines is 1. The highest BCUT2D eigenvalue weighted by Crippen LogP contribution is 2.15. The normalized spacial score (nSPS) is 10.4. The van der Waals surface area contributed by atoms with Gasteiger partial charge in [-0.3, -0.25) is 9.59 Å². The lowest BCUT2D eigenvalue weighted by Gasteiger charge is -2.09. The molecule has 3 N–H and O–H groups in total. The molecule has 0 unspecified atom stereocenters. The Balaban J connectivity index is 1.98. The number of nitrogens with one attached hydrogen (secondary N) is 1. The summed E-state index contributed by atoms with van der Waals surface area (Å²) in [7, 11) is 0. The third-order valence-corrected chi connectivity index (χ3v) is 3.13. The van der Waals surface area contributed by atoms with Gasteiger partial charge in [-0.05, 0) is 54.4 Å². The number of hydrogen-bond acceptors (Lipinski definition) is 3. The first-order chi connectivity index (χ1) is 11.0. The number of primary amides is 1. The zero-order chi connectivity index (χ0) is 16.8. The Morgan fingerprint density at radius 3 is 2.09 bits per heavy atom. The van der Waals surface area contributed by atoms with Crippen molar-refractivity contribution < 1.29 is 14.3 Å². The van der Waals surface area contributed by atoms with Crippen LogP contribution in [0.1, 0.15) is 34.6 Å². The summed E-state index contributed by atoms with van der Waals surface area (Å²) < 4.78 is 5.58. The van der Waals surface area contributed by atoms with E-state index in [9.17, 15) is 9.59 Å². The predicted molar refractivity (Wildman–Crippen MR) is 89.7 cm³/mol. The lowest BCUT2D eigenvalue weighted by Crippen LogP contribution is -2.13. The monoisotopic (exact) mass is 312 g/mol. The number of carbonyl (C=O) groups excluding carboxylic acids is 2. The van der Waals surface area contributed by atoms with Crippen LogP contribution in [0.15, 0.2) is 48.5 Å². The van der Waals surface area contributed by atoms with Crippen molar-refractivity contribution in [3.8, 4) is 5.75 Å². The maximum absolute atomic E-state index is 12.2. The summed E-state index contributed by atoms with van der Waals surface area (Å²) in [5.41, 5.74) is 6.70. The Labute approximate surface area is 135 Å². The van der Waals surface area contributed by atoms with E-state index >= 15 is 0 Å². The lowest BCUT2D eigenvalue weighted by molar-refractivity contribution is 0.0998. The number of amides is 2. The van der Waals surface area contributed by atoms with Gasteiger partial charge in [0, 0.05) is 16.8 Å². The van der Waals surface area contributed by atoms with Gasteiger partial charge in [0.05, 0.1) is 6.61 Å². The minimum absolute atomic E-state index is 0.229. The molecule has 5 heteroatoms. The van der Waals surface area contributed by atoms with E-state index < -0.39 is 5.91 Å². The lowest BCUT2D eigenvalue weighted by atomic mass is 10.1. The largest absolute Gasteiger partial charge is 0.493 e. The fourth-order valence-electron chi connectivity index (χ4n) is 1.89. The molecule has 0 spiro atoms. The average Bonchev–Trinajstić information content (AvgIpc) is 2.54. The highest BCUT2D eigenvalue weighted by Gasteiger charge is 2.07. The molecule has 0 bridgehead atoms. The number of benzene rings is 2. The molecule has 0 aromatic heterocycles. The molecule has 0 saturated carbocycles. The summed E-state index contributed by atoms with van der Waals surface area (Å²) in [6.07, 6.45) is 0. The van der Waals surface area contributed by atoms with Crippen molar-refractivity contribution in [2.75, 3.05) is 11.9 Å². The Bertz CT molecular complexity index is 676. The van der Waals surface area contributed by atoms with E-state index in [-0.39, 0.29) is 5.91 Å². The van der Waals surface area contributed by atoms with Gasteiger partial charge in [-0.15, -0.1) is 0 Å². The van der Waals surface area contributed by atoms with Gasteiger partial charge in [0.15, 0.2) is 0 Å². The molecule has 2 aromatic rings. The van der Waals surface area contributed by atoms with Gasteiger partial charge >= 0.3 is 0 Å². The molecule has 2 rings (SSSR count). The first-order valence-corrected chi connectivity index (χ1v) is 7.40. The summed E-state index contributed by atoms with van der Waals surface area (Å²) in [6, 6.07) is 13.4. The smallest absolute Gasteiger partial charge is 0.255 e. The molecule has 0 aliphatic carbocycles. The molecule has 23 heavy (non-hydrogen) atoms. The highest BCUT2D eigenvalue weighted by molar-refractivity contribution is 6.04. The molecule has 0 fully saturated rings. The fourth-order valence-corrected chi connectivity index (χ4v) is 1.89. The van der Waals surface area contributed by atoms with E-state index in [2.05, 4.69) is 19.2 Å². The third kappa shape index (κ3) is 4.85. The molecule has 0 saturated heterocycles. The van der Waals surface area contributed by atoms with Crippen LogP contribution in [0, 0.1) is 5.92 Å². The van der Waals surface area contributed by atoms with Crippen LogP contribution < -0.4 is 15.8 Å². The Morgan fingerprint density at radius 1 is 1.00 bits per heavy atom. The van der Waals surface area contributed by atoms with Crippen LogP contribution in [0.4, 0.5) is 5.69 Å². The van der Waals surface area contributed by atoms with Crippen molar-refractivity contribution in [1.82, 2.24) is 0 Å². The van der Waals surface area contributed by atoms with Gasteiger partial charge in [-0.25, -0.2) is 0 Å². The topological polar surface area (TPSA) is 81.4 Å². The van der Waals surface area contributed by atoms with Gasteiger partial charge in [-0.2, -0.15) is 0 Å². The van der Waals surface area contributed by atoms with Crippen molar-refractivity contribution in [3.05, 3.63) is 59.7 Å². The van der Waals surface area contributed by atoms with Crippen LogP contribution >= 0.6 is 0 Å². The quantitative estimate of drug-likeness (QED) is 0.860. The van der Waals surface area contributed by atoms with Gasteiger partial charge in [-0.1, -0.05) is 13.8 Å². The third-order valence-electron chi connectivity index (χ3n) is 3.13. The summed E-state index contributed by atoms with van der Waals surface area (Å²) >= 11 is 0. The van der Waals surface area contributed by atoms with Gasteiger partial charge in [0.25, 0.3) is 5.91 Å². The van der Waals surface area contributed by atoms with E-state index in [1.54, 1.807) is 48.5 Å². The van der Waals surface area contributed by atoms with E-state index in [1.807, 2.05) is 0 Å². The molecule has 0 aliphatic rings. The SMILES string of the molecule is CC(C)COc1ccc(C(=O)Nc2ccc(C(N)=O)cc2)cc1. The molecule has 2 aromatic carbocycles. The molecule has 5 nitrogen and oxygen atoms in total. The van der Waals surface area contributed by atoms with Crippen molar-refractivity contribution in [2.24, 2.45) is 11.7 Å². The number of ether oxygens (including phenoxy) is 1. The van der Waals surface area contributed by atoms with Crippen molar-refractivity contribution in [1.29, 1.82) is 0 Å². The first-order valence-electron chi connectivity index (χ1n) is 7.40. The maximum atomic E-state index is 12.2. The van der Waals surface area contributed by atoms with Crippen molar-refractivity contribution in [2.45, 2.75) is 13.8 Å². The van der Waals surface area contributed by atoms with E-state index in [1.165, 1.54) is 0 Å². The van der Waals surface area contributed by atoms with Crippen molar-refractivity contribution >= 4 is 17.5 Å². The Hall–Kier alpha value is -2.82. The van der Waals surface area contributed by atoms with E-state index in [0.29, 0.717) is 29.3 Å². The van der Waals surface area contributed by atoms with Gasteiger partial charge < -0.3 is 15.8 Å². The second-order valence-electron chi connectivity index (χ2n) is 5.62. The van der Waals surface area contributed by atoms with Gasteiger partial charge in [0.2, 0.25) is 5.91 Å². The number of nitrogens with two attached hydrogens (primary N) is 1. The Morgan fingerprint density at radius 2 is 1.57 bits per heavy atom. The molecule has 0 radical (unpaired) electrons. The summed E-state index contributed by atoms with van der Waals surface area (Å²) in [5.74, 6) is 0.453.